The second-order valence-corrected chi connectivity index (χ2v) is 7.59. The SMILES string of the molecule is CSC1CCCC1C(=O)O[C@@H]1CC[C@@H]2CN(C)C[C@@H]21. The number of hydrogen-bond acceptors (Lipinski definition) is 4. The lowest BCUT2D eigenvalue weighted by atomic mass is 9.99. The Hall–Kier alpha value is -0.220. The molecule has 0 spiro atoms. The minimum absolute atomic E-state index is 0.0945. The average Bonchev–Trinajstić information content (AvgIpc) is 3.05. The Morgan fingerprint density at radius 2 is 2.05 bits per heavy atom. The number of ether oxygens (including phenoxy) is 1. The molecule has 2 unspecified atom stereocenters. The summed E-state index contributed by atoms with van der Waals surface area (Å²) in [5, 5.41) is 0.496. The zero-order valence-electron chi connectivity index (χ0n) is 12.0. The topological polar surface area (TPSA) is 29.5 Å². The van der Waals surface area contributed by atoms with Gasteiger partial charge in [0.2, 0.25) is 0 Å². The van der Waals surface area contributed by atoms with Gasteiger partial charge in [-0.15, -0.1) is 0 Å². The van der Waals surface area contributed by atoms with E-state index in [1.165, 1.54) is 25.8 Å². The summed E-state index contributed by atoms with van der Waals surface area (Å²) in [6.07, 6.45) is 8.05. The van der Waals surface area contributed by atoms with E-state index in [1.807, 2.05) is 11.8 Å². The maximum atomic E-state index is 12.4. The zero-order valence-corrected chi connectivity index (χ0v) is 12.8. The van der Waals surface area contributed by atoms with Gasteiger partial charge < -0.3 is 9.64 Å². The number of hydrogen-bond donors (Lipinski definition) is 0. The van der Waals surface area contributed by atoms with Crippen LogP contribution in [0.15, 0.2) is 0 Å². The summed E-state index contributed by atoms with van der Waals surface area (Å²) in [5.41, 5.74) is 0. The van der Waals surface area contributed by atoms with E-state index in [1.54, 1.807) is 0 Å². The summed E-state index contributed by atoms with van der Waals surface area (Å²) in [5.74, 6) is 1.62. The fraction of sp³-hybridized carbons (Fsp3) is 0.933. The summed E-state index contributed by atoms with van der Waals surface area (Å²) < 4.78 is 5.91. The molecule has 3 rings (SSSR count). The molecule has 0 amide bonds. The van der Waals surface area contributed by atoms with Gasteiger partial charge in [0.05, 0.1) is 5.92 Å². The first-order valence-corrected chi connectivity index (χ1v) is 8.89. The molecular weight excluding hydrogens is 258 g/mol. The van der Waals surface area contributed by atoms with E-state index in [-0.39, 0.29) is 18.0 Å². The zero-order chi connectivity index (χ0) is 13.4. The summed E-state index contributed by atoms with van der Waals surface area (Å²) in [6.45, 7) is 2.30. The number of carbonyl (C=O) groups excluding carboxylic acids is 1. The van der Waals surface area contributed by atoms with Crippen LogP contribution >= 0.6 is 11.8 Å². The van der Waals surface area contributed by atoms with E-state index in [9.17, 15) is 4.79 Å². The smallest absolute Gasteiger partial charge is 0.310 e. The molecule has 0 aromatic carbocycles. The van der Waals surface area contributed by atoms with Gasteiger partial charge in [-0.1, -0.05) is 6.42 Å². The molecule has 0 bridgehead atoms. The molecule has 0 aromatic rings. The minimum atomic E-state index is 0.0945. The lowest BCUT2D eigenvalue weighted by Gasteiger charge is -2.23. The largest absolute Gasteiger partial charge is 0.462 e. The number of esters is 1. The third-order valence-corrected chi connectivity index (χ3v) is 6.47. The number of thioether (sulfide) groups is 1. The van der Waals surface area contributed by atoms with E-state index in [0.29, 0.717) is 11.2 Å². The van der Waals surface area contributed by atoms with Crippen LogP contribution in [-0.2, 0) is 9.53 Å². The molecule has 3 nitrogen and oxygen atoms in total. The van der Waals surface area contributed by atoms with E-state index in [2.05, 4.69) is 18.2 Å². The lowest BCUT2D eigenvalue weighted by Crippen LogP contribution is -2.31. The molecule has 4 heteroatoms. The highest BCUT2D eigenvalue weighted by Crippen LogP contribution is 2.41. The fourth-order valence-corrected chi connectivity index (χ4v) is 5.28. The molecular formula is C15H25NO2S. The van der Waals surface area contributed by atoms with Gasteiger partial charge in [-0.3, -0.25) is 4.79 Å². The standard InChI is InChI=1S/C15H25NO2S/c1-16-8-10-6-7-13(12(10)9-16)18-15(17)11-4-3-5-14(11)19-2/h10-14H,3-9H2,1-2H3/t10-,11?,12+,13-,14?/m1/s1. The van der Waals surface area contributed by atoms with Crippen LogP contribution in [0.25, 0.3) is 0 Å². The quantitative estimate of drug-likeness (QED) is 0.744. The van der Waals surface area contributed by atoms with E-state index >= 15 is 0 Å². The number of rotatable bonds is 3. The molecule has 1 aliphatic heterocycles. The molecule has 2 aliphatic carbocycles. The molecule has 3 aliphatic rings. The van der Waals surface area contributed by atoms with Crippen molar-refractivity contribution in [3.05, 3.63) is 0 Å². The summed E-state index contributed by atoms with van der Waals surface area (Å²) in [4.78, 5) is 14.8. The normalized spacial score (nSPS) is 42.5. The van der Waals surface area contributed by atoms with Crippen LogP contribution in [0.5, 0.6) is 0 Å². The van der Waals surface area contributed by atoms with Crippen molar-refractivity contribution in [2.75, 3.05) is 26.4 Å². The minimum Gasteiger partial charge on any atom is -0.462 e. The fourth-order valence-electron chi connectivity index (χ4n) is 4.30. The molecule has 0 aromatic heterocycles. The van der Waals surface area contributed by atoms with Crippen LogP contribution in [0.4, 0.5) is 0 Å². The number of carbonyl (C=O) groups is 1. The van der Waals surface area contributed by atoms with Crippen LogP contribution in [-0.4, -0.2) is 48.6 Å². The van der Waals surface area contributed by atoms with Crippen molar-refractivity contribution >= 4 is 17.7 Å². The second-order valence-electron chi connectivity index (χ2n) is 6.51. The van der Waals surface area contributed by atoms with Crippen molar-refractivity contribution < 1.29 is 9.53 Å². The Kier molecular flexibility index (Phi) is 4.08. The van der Waals surface area contributed by atoms with Gasteiger partial charge in [-0.2, -0.15) is 11.8 Å². The third kappa shape index (κ3) is 2.66. The van der Waals surface area contributed by atoms with Crippen LogP contribution in [0.3, 0.4) is 0 Å². The molecule has 1 saturated heterocycles. The van der Waals surface area contributed by atoms with E-state index in [4.69, 9.17) is 4.74 Å². The van der Waals surface area contributed by atoms with E-state index < -0.39 is 0 Å². The van der Waals surface area contributed by atoms with Crippen LogP contribution in [0.1, 0.15) is 32.1 Å². The number of nitrogens with zero attached hydrogens (tertiary/aromatic N) is 1. The van der Waals surface area contributed by atoms with Crippen LogP contribution < -0.4 is 0 Å². The second kappa shape index (κ2) is 5.65. The maximum Gasteiger partial charge on any atom is 0.310 e. The maximum absolute atomic E-state index is 12.4. The number of fused-ring (bicyclic) bond motifs is 1. The summed E-state index contributed by atoms with van der Waals surface area (Å²) >= 11 is 1.84. The van der Waals surface area contributed by atoms with Gasteiger partial charge in [0.25, 0.3) is 0 Å². The van der Waals surface area contributed by atoms with Gasteiger partial charge in [0.15, 0.2) is 0 Å². The average molecular weight is 283 g/mol. The Labute approximate surface area is 120 Å². The highest BCUT2D eigenvalue weighted by molar-refractivity contribution is 7.99. The molecule has 108 valence electrons. The molecule has 2 saturated carbocycles. The van der Waals surface area contributed by atoms with Crippen molar-refractivity contribution in [2.45, 2.75) is 43.5 Å². The number of likely N-dealkylation sites (tertiary alicyclic amines) is 1. The molecule has 0 radical (unpaired) electrons. The van der Waals surface area contributed by atoms with Crippen LogP contribution in [0, 0.1) is 17.8 Å². The Bertz CT molecular complexity index is 349. The van der Waals surface area contributed by atoms with Crippen molar-refractivity contribution in [1.29, 1.82) is 0 Å². The molecule has 1 heterocycles. The summed E-state index contributed by atoms with van der Waals surface area (Å²) in [6, 6.07) is 0. The molecule has 3 fully saturated rings. The van der Waals surface area contributed by atoms with Gasteiger partial charge in [-0.05, 0) is 44.9 Å². The monoisotopic (exact) mass is 283 g/mol. The highest BCUT2D eigenvalue weighted by atomic mass is 32.2. The molecule has 0 N–H and O–H groups in total. The van der Waals surface area contributed by atoms with Crippen molar-refractivity contribution in [3.63, 3.8) is 0 Å². The van der Waals surface area contributed by atoms with Crippen molar-refractivity contribution in [1.82, 2.24) is 4.90 Å². The Morgan fingerprint density at radius 1 is 1.21 bits per heavy atom. The Balaban J connectivity index is 1.58. The van der Waals surface area contributed by atoms with Gasteiger partial charge in [0.1, 0.15) is 6.10 Å². The van der Waals surface area contributed by atoms with Crippen molar-refractivity contribution in [3.8, 4) is 0 Å². The van der Waals surface area contributed by atoms with Gasteiger partial charge >= 0.3 is 5.97 Å². The summed E-state index contributed by atoms with van der Waals surface area (Å²) in [7, 11) is 2.18. The van der Waals surface area contributed by atoms with Gasteiger partial charge in [0, 0.05) is 24.3 Å². The predicted molar refractivity (Wildman–Crippen MR) is 78.2 cm³/mol. The first-order chi connectivity index (χ1) is 9.19. The molecule has 19 heavy (non-hydrogen) atoms. The lowest BCUT2D eigenvalue weighted by molar-refractivity contribution is -0.155. The predicted octanol–water partition coefficient (Wildman–Crippen LogP) is 2.40. The first kappa shape index (κ1) is 13.7. The van der Waals surface area contributed by atoms with E-state index in [0.717, 1.165) is 25.3 Å². The third-order valence-electron chi connectivity index (χ3n) is 5.30. The Morgan fingerprint density at radius 3 is 2.84 bits per heavy atom. The van der Waals surface area contributed by atoms with Crippen LogP contribution in [0.2, 0.25) is 0 Å². The molecule has 5 atom stereocenters. The van der Waals surface area contributed by atoms with Gasteiger partial charge in [-0.25, -0.2) is 0 Å². The highest BCUT2D eigenvalue weighted by Gasteiger charge is 2.44. The first-order valence-electron chi connectivity index (χ1n) is 7.61. The van der Waals surface area contributed by atoms with Crippen molar-refractivity contribution in [2.24, 2.45) is 17.8 Å².